The number of carbonyl (C=O) groups excluding carboxylic acids is 2. The fourth-order valence-electron chi connectivity index (χ4n) is 3.37. The molecule has 0 spiro atoms. The fraction of sp³-hybridized carbons (Fsp3) is 0.300. The summed E-state index contributed by atoms with van der Waals surface area (Å²) in [4.78, 5) is 26.6. The SMILES string of the molecule is Cc1cccc(NC(=O)[C@H]2C(=O)N(C)C[C@@H]2c2ccc(C(F)(F)F)cc2)c1F. The number of benzene rings is 2. The van der Waals surface area contributed by atoms with Crippen molar-refractivity contribution < 1.29 is 27.2 Å². The van der Waals surface area contributed by atoms with Crippen molar-refractivity contribution in [3.63, 3.8) is 0 Å². The van der Waals surface area contributed by atoms with E-state index in [9.17, 15) is 27.2 Å². The number of likely N-dealkylation sites (N-methyl/N-ethyl adjacent to an activating group) is 1. The van der Waals surface area contributed by atoms with Gasteiger partial charge in [0.15, 0.2) is 0 Å². The van der Waals surface area contributed by atoms with Crippen LogP contribution in [0.2, 0.25) is 0 Å². The fourth-order valence-corrected chi connectivity index (χ4v) is 3.37. The molecule has 0 radical (unpaired) electrons. The van der Waals surface area contributed by atoms with E-state index in [1.807, 2.05) is 0 Å². The molecule has 1 N–H and O–H groups in total. The van der Waals surface area contributed by atoms with Gasteiger partial charge in [-0.05, 0) is 36.2 Å². The summed E-state index contributed by atoms with van der Waals surface area (Å²) in [7, 11) is 1.51. The summed E-state index contributed by atoms with van der Waals surface area (Å²) in [5.41, 5.74) is -0.0715. The molecule has 1 fully saturated rings. The molecule has 3 rings (SSSR count). The van der Waals surface area contributed by atoms with Crippen LogP contribution < -0.4 is 5.32 Å². The van der Waals surface area contributed by atoms with Crippen molar-refractivity contribution in [2.45, 2.75) is 19.0 Å². The summed E-state index contributed by atoms with van der Waals surface area (Å²) < 4.78 is 52.5. The number of anilines is 1. The van der Waals surface area contributed by atoms with Crippen molar-refractivity contribution in [3.05, 3.63) is 65.0 Å². The highest BCUT2D eigenvalue weighted by Crippen LogP contribution is 2.36. The van der Waals surface area contributed by atoms with Crippen molar-refractivity contribution in [3.8, 4) is 0 Å². The number of nitrogens with zero attached hydrogens (tertiary/aromatic N) is 1. The number of nitrogens with one attached hydrogen (secondary N) is 1. The highest BCUT2D eigenvalue weighted by Gasteiger charge is 2.44. The average molecular weight is 394 g/mol. The number of hydrogen-bond donors (Lipinski definition) is 1. The Kier molecular flexibility index (Phi) is 5.14. The first-order valence-electron chi connectivity index (χ1n) is 8.57. The van der Waals surface area contributed by atoms with E-state index in [1.54, 1.807) is 19.1 Å². The Balaban J connectivity index is 1.88. The lowest BCUT2D eigenvalue weighted by molar-refractivity contribution is -0.138. The lowest BCUT2D eigenvalue weighted by Gasteiger charge is -2.18. The van der Waals surface area contributed by atoms with Gasteiger partial charge in [-0.2, -0.15) is 13.2 Å². The number of amides is 2. The standard InChI is InChI=1S/C20H18F4N2O2/c1-11-4-3-5-15(17(11)21)25-18(27)16-14(10-26(2)19(16)28)12-6-8-13(9-7-12)20(22,23)24/h3-9,14,16H,10H2,1-2H3,(H,25,27)/t14-,16+/m1/s1. The van der Waals surface area contributed by atoms with E-state index < -0.39 is 41.2 Å². The summed E-state index contributed by atoms with van der Waals surface area (Å²) in [5, 5.41) is 2.44. The van der Waals surface area contributed by atoms with E-state index in [-0.39, 0.29) is 12.2 Å². The number of carbonyl (C=O) groups is 2. The molecule has 2 atom stereocenters. The van der Waals surface area contributed by atoms with Crippen LogP contribution in [0.5, 0.6) is 0 Å². The van der Waals surface area contributed by atoms with Crippen LogP contribution >= 0.6 is 0 Å². The minimum Gasteiger partial charge on any atom is -0.344 e. The molecule has 8 heteroatoms. The number of likely N-dealkylation sites (tertiary alicyclic amines) is 1. The second kappa shape index (κ2) is 7.26. The molecule has 0 aromatic heterocycles. The van der Waals surface area contributed by atoms with Gasteiger partial charge in [-0.1, -0.05) is 24.3 Å². The smallest absolute Gasteiger partial charge is 0.344 e. The summed E-state index contributed by atoms with van der Waals surface area (Å²) in [6, 6.07) is 8.90. The third-order valence-corrected chi connectivity index (χ3v) is 4.91. The Morgan fingerprint density at radius 2 is 1.79 bits per heavy atom. The number of hydrogen-bond acceptors (Lipinski definition) is 2. The van der Waals surface area contributed by atoms with Crippen molar-refractivity contribution in [1.29, 1.82) is 0 Å². The van der Waals surface area contributed by atoms with Crippen LogP contribution in [-0.2, 0) is 15.8 Å². The van der Waals surface area contributed by atoms with Crippen LogP contribution in [0, 0.1) is 18.7 Å². The molecule has 2 amide bonds. The van der Waals surface area contributed by atoms with Gasteiger partial charge in [-0.3, -0.25) is 9.59 Å². The first-order chi connectivity index (χ1) is 13.1. The van der Waals surface area contributed by atoms with Gasteiger partial charge in [0.25, 0.3) is 0 Å². The third-order valence-electron chi connectivity index (χ3n) is 4.91. The lowest BCUT2D eigenvalue weighted by Crippen LogP contribution is -2.33. The molecule has 28 heavy (non-hydrogen) atoms. The molecule has 1 saturated heterocycles. The van der Waals surface area contributed by atoms with E-state index in [2.05, 4.69) is 5.32 Å². The lowest BCUT2D eigenvalue weighted by atomic mass is 9.87. The molecule has 0 aliphatic carbocycles. The number of rotatable bonds is 3. The maximum Gasteiger partial charge on any atom is 0.416 e. The Morgan fingerprint density at radius 3 is 2.39 bits per heavy atom. The zero-order valence-electron chi connectivity index (χ0n) is 15.2. The molecule has 2 aromatic carbocycles. The molecular formula is C20H18F4N2O2. The topological polar surface area (TPSA) is 49.4 Å². The number of alkyl halides is 3. The predicted molar refractivity (Wildman–Crippen MR) is 95.1 cm³/mol. The molecule has 2 aromatic rings. The maximum absolute atomic E-state index is 14.2. The second-order valence-electron chi connectivity index (χ2n) is 6.85. The predicted octanol–water partition coefficient (Wildman–Crippen LogP) is 3.96. The highest BCUT2D eigenvalue weighted by molar-refractivity contribution is 6.08. The zero-order chi connectivity index (χ0) is 20.6. The molecule has 1 aliphatic rings. The van der Waals surface area contributed by atoms with E-state index >= 15 is 0 Å². The molecule has 0 unspecified atom stereocenters. The van der Waals surface area contributed by atoms with E-state index in [4.69, 9.17) is 0 Å². The van der Waals surface area contributed by atoms with Gasteiger partial charge < -0.3 is 10.2 Å². The maximum atomic E-state index is 14.2. The summed E-state index contributed by atoms with van der Waals surface area (Å²) in [6.45, 7) is 1.73. The van der Waals surface area contributed by atoms with Gasteiger partial charge in [0.05, 0.1) is 11.3 Å². The van der Waals surface area contributed by atoms with Gasteiger partial charge in [0, 0.05) is 19.5 Å². The molecule has 0 bridgehead atoms. The van der Waals surface area contributed by atoms with Crippen LogP contribution in [0.4, 0.5) is 23.2 Å². The normalized spacial score (nSPS) is 19.8. The van der Waals surface area contributed by atoms with Crippen LogP contribution in [0.25, 0.3) is 0 Å². The van der Waals surface area contributed by atoms with Crippen molar-refractivity contribution in [2.75, 3.05) is 18.9 Å². The minimum atomic E-state index is -4.47. The summed E-state index contributed by atoms with van der Waals surface area (Å²) >= 11 is 0. The van der Waals surface area contributed by atoms with Gasteiger partial charge in [0.2, 0.25) is 11.8 Å². The van der Waals surface area contributed by atoms with Crippen LogP contribution in [0.1, 0.15) is 22.6 Å². The van der Waals surface area contributed by atoms with E-state index in [0.717, 1.165) is 12.1 Å². The molecule has 1 heterocycles. The van der Waals surface area contributed by atoms with Gasteiger partial charge in [0.1, 0.15) is 11.7 Å². The molecule has 4 nitrogen and oxygen atoms in total. The number of aryl methyl sites for hydroxylation is 1. The van der Waals surface area contributed by atoms with Crippen molar-refractivity contribution in [1.82, 2.24) is 4.90 Å². The van der Waals surface area contributed by atoms with Crippen LogP contribution in [0.3, 0.4) is 0 Å². The Morgan fingerprint density at radius 1 is 1.14 bits per heavy atom. The third kappa shape index (κ3) is 3.72. The first kappa shape index (κ1) is 19.9. The minimum absolute atomic E-state index is 0.0430. The van der Waals surface area contributed by atoms with Crippen LogP contribution in [0.15, 0.2) is 42.5 Å². The summed E-state index contributed by atoms with van der Waals surface area (Å²) in [6.07, 6.45) is -4.47. The monoisotopic (exact) mass is 394 g/mol. The average Bonchev–Trinajstić information content (AvgIpc) is 2.93. The van der Waals surface area contributed by atoms with Crippen LogP contribution in [-0.4, -0.2) is 30.3 Å². The van der Waals surface area contributed by atoms with Gasteiger partial charge in [-0.25, -0.2) is 4.39 Å². The van der Waals surface area contributed by atoms with E-state index in [1.165, 1.54) is 30.1 Å². The highest BCUT2D eigenvalue weighted by atomic mass is 19.4. The Bertz CT molecular complexity index is 909. The van der Waals surface area contributed by atoms with Crippen molar-refractivity contribution in [2.24, 2.45) is 5.92 Å². The second-order valence-corrected chi connectivity index (χ2v) is 6.85. The quantitative estimate of drug-likeness (QED) is 0.633. The first-order valence-corrected chi connectivity index (χ1v) is 8.57. The summed E-state index contributed by atoms with van der Waals surface area (Å²) in [5.74, 6) is -3.53. The van der Waals surface area contributed by atoms with Gasteiger partial charge >= 0.3 is 6.18 Å². The van der Waals surface area contributed by atoms with Gasteiger partial charge in [-0.15, -0.1) is 0 Å². The van der Waals surface area contributed by atoms with E-state index in [0.29, 0.717) is 11.1 Å². The Labute approximate surface area is 159 Å². The number of halogens is 4. The van der Waals surface area contributed by atoms with Crippen molar-refractivity contribution >= 4 is 17.5 Å². The molecule has 148 valence electrons. The Hall–Kier alpha value is -2.90. The zero-order valence-corrected chi connectivity index (χ0v) is 15.2. The molecule has 0 saturated carbocycles. The molecular weight excluding hydrogens is 376 g/mol. The molecule has 1 aliphatic heterocycles. The largest absolute Gasteiger partial charge is 0.416 e.